The molecule has 0 saturated carbocycles. The highest BCUT2D eigenvalue weighted by Gasteiger charge is 2.25. The Hall–Kier alpha value is -3.98. The monoisotopic (exact) mass is 506 g/mol. The lowest BCUT2D eigenvalue weighted by Crippen LogP contribution is -2.20. The van der Waals surface area contributed by atoms with Crippen LogP contribution in [0.3, 0.4) is 0 Å². The molecule has 10 heteroatoms. The molecule has 1 amide bonds. The van der Waals surface area contributed by atoms with Crippen LogP contribution in [0, 0.1) is 12.8 Å². The van der Waals surface area contributed by atoms with Crippen LogP contribution in [0.5, 0.6) is 5.88 Å². The van der Waals surface area contributed by atoms with Crippen molar-refractivity contribution in [1.29, 1.82) is 0 Å². The lowest BCUT2D eigenvalue weighted by atomic mass is 9.95. The number of allylic oxidation sites excluding steroid dienone is 1. The number of carbonyl (C=O) groups is 2. The zero-order valence-electron chi connectivity index (χ0n) is 20.6. The molecule has 9 nitrogen and oxygen atoms in total. The number of hydrogen-bond donors (Lipinski definition) is 1. The van der Waals surface area contributed by atoms with Gasteiger partial charge in [-0.05, 0) is 36.6 Å². The van der Waals surface area contributed by atoms with E-state index in [4.69, 9.17) is 16.3 Å². The molecule has 0 atom stereocenters. The van der Waals surface area contributed by atoms with Crippen molar-refractivity contribution in [2.75, 3.05) is 12.4 Å². The molecule has 1 N–H and O–H groups in total. The quantitative estimate of drug-likeness (QED) is 0.245. The molecule has 0 radical (unpaired) electrons. The number of nitrogens with zero attached hydrogens (tertiary/aromatic N) is 5. The molecule has 4 aromatic rings. The molecule has 0 fully saturated rings. The molecule has 0 spiro atoms. The predicted molar refractivity (Wildman–Crippen MR) is 139 cm³/mol. The van der Waals surface area contributed by atoms with Gasteiger partial charge in [-0.25, -0.2) is 9.67 Å². The summed E-state index contributed by atoms with van der Waals surface area (Å²) in [6, 6.07) is 6.73. The van der Waals surface area contributed by atoms with E-state index in [2.05, 4.69) is 27.1 Å². The van der Waals surface area contributed by atoms with Crippen LogP contribution in [0.15, 0.2) is 49.3 Å². The molecule has 1 aromatic carbocycles. The number of pyridine rings is 1. The van der Waals surface area contributed by atoms with Crippen LogP contribution < -0.4 is 10.1 Å². The van der Waals surface area contributed by atoms with Gasteiger partial charge in [0.2, 0.25) is 5.88 Å². The maximum absolute atomic E-state index is 13.6. The first-order valence-electron chi connectivity index (χ1n) is 11.4. The van der Waals surface area contributed by atoms with E-state index < -0.39 is 5.91 Å². The van der Waals surface area contributed by atoms with E-state index >= 15 is 0 Å². The van der Waals surface area contributed by atoms with E-state index in [1.54, 1.807) is 29.1 Å². The highest BCUT2D eigenvalue weighted by Crippen LogP contribution is 2.32. The van der Waals surface area contributed by atoms with E-state index in [0.717, 1.165) is 10.9 Å². The summed E-state index contributed by atoms with van der Waals surface area (Å²) in [6.45, 7) is 10.1. The van der Waals surface area contributed by atoms with Crippen molar-refractivity contribution in [3.05, 3.63) is 71.2 Å². The molecule has 0 bridgehead atoms. The zero-order valence-corrected chi connectivity index (χ0v) is 21.3. The fourth-order valence-corrected chi connectivity index (χ4v) is 4.18. The predicted octanol–water partition coefficient (Wildman–Crippen LogP) is 5.25. The number of aromatic nitrogens is 5. The molecule has 0 unspecified atom stereocenters. The minimum atomic E-state index is -0.501. The SMILES string of the molecule is C=CCn1cc2cc(C)c(NC(=O)c3cc(OC)nn3-c3ncccc3Cl)c(C(=O)CC(C)C)c2n1. The number of hydrogen-bond acceptors (Lipinski definition) is 6. The van der Waals surface area contributed by atoms with E-state index in [1.165, 1.54) is 17.9 Å². The number of aryl methyl sites for hydroxylation is 1. The van der Waals surface area contributed by atoms with Crippen LogP contribution in [0.25, 0.3) is 16.7 Å². The minimum absolute atomic E-state index is 0.100. The number of ether oxygens (including phenoxy) is 1. The summed E-state index contributed by atoms with van der Waals surface area (Å²) in [5.74, 6) is 0.0204. The number of rotatable bonds is 9. The number of halogens is 1. The second kappa shape index (κ2) is 10.3. The number of benzene rings is 1. The van der Waals surface area contributed by atoms with E-state index in [-0.39, 0.29) is 29.1 Å². The first-order valence-corrected chi connectivity index (χ1v) is 11.8. The fraction of sp³-hybridized carbons (Fsp3) is 0.269. The van der Waals surface area contributed by atoms with E-state index in [0.29, 0.717) is 34.8 Å². The summed E-state index contributed by atoms with van der Waals surface area (Å²) in [6.07, 6.45) is 5.46. The zero-order chi connectivity index (χ0) is 26.0. The van der Waals surface area contributed by atoms with Crippen molar-refractivity contribution < 1.29 is 14.3 Å². The van der Waals surface area contributed by atoms with Gasteiger partial charge in [0.15, 0.2) is 11.6 Å². The highest BCUT2D eigenvalue weighted by atomic mass is 35.5. The van der Waals surface area contributed by atoms with Crippen molar-refractivity contribution in [2.45, 2.75) is 33.7 Å². The lowest BCUT2D eigenvalue weighted by Gasteiger charge is -2.15. The summed E-state index contributed by atoms with van der Waals surface area (Å²) < 4.78 is 8.29. The number of anilines is 1. The van der Waals surface area contributed by atoms with Crippen molar-refractivity contribution in [3.63, 3.8) is 0 Å². The minimum Gasteiger partial charge on any atom is -0.480 e. The van der Waals surface area contributed by atoms with Gasteiger partial charge in [-0.15, -0.1) is 11.7 Å². The Morgan fingerprint density at radius 2 is 2.06 bits per heavy atom. The molecule has 0 aliphatic rings. The molecular weight excluding hydrogens is 480 g/mol. The van der Waals surface area contributed by atoms with Crippen LogP contribution in [-0.4, -0.2) is 43.3 Å². The number of methoxy groups -OCH3 is 1. The van der Waals surface area contributed by atoms with Gasteiger partial charge in [-0.3, -0.25) is 14.3 Å². The molecular formula is C26H27ClN6O3. The van der Waals surface area contributed by atoms with Crippen molar-refractivity contribution in [2.24, 2.45) is 5.92 Å². The van der Waals surface area contributed by atoms with Crippen molar-refractivity contribution in [3.8, 4) is 11.7 Å². The summed E-state index contributed by atoms with van der Waals surface area (Å²) in [4.78, 5) is 31.3. The molecule has 0 saturated heterocycles. The Kier molecular flexibility index (Phi) is 7.21. The maximum atomic E-state index is 13.6. The van der Waals surface area contributed by atoms with Crippen LogP contribution in [0.1, 0.15) is 46.7 Å². The van der Waals surface area contributed by atoms with Gasteiger partial charge >= 0.3 is 0 Å². The Morgan fingerprint density at radius 1 is 1.28 bits per heavy atom. The lowest BCUT2D eigenvalue weighted by molar-refractivity contribution is 0.0970. The van der Waals surface area contributed by atoms with Crippen LogP contribution >= 0.6 is 11.6 Å². The number of ketones is 1. The van der Waals surface area contributed by atoms with E-state index in [1.807, 2.05) is 33.0 Å². The van der Waals surface area contributed by atoms with Gasteiger partial charge in [-0.2, -0.15) is 5.10 Å². The normalized spacial score (nSPS) is 11.2. The Bertz CT molecular complexity index is 1470. The van der Waals surface area contributed by atoms with Gasteiger partial charge in [0.25, 0.3) is 5.91 Å². The third-order valence-electron chi connectivity index (χ3n) is 5.54. The summed E-state index contributed by atoms with van der Waals surface area (Å²) in [7, 11) is 1.45. The first-order chi connectivity index (χ1) is 17.2. The Balaban J connectivity index is 1.84. The van der Waals surface area contributed by atoms with E-state index in [9.17, 15) is 9.59 Å². The number of fused-ring (bicyclic) bond motifs is 1. The van der Waals surface area contributed by atoms with Crippen molar-refractivity contribution >= 4 is 39.9 Å². The average Bonchev–Trinajstić information content (AvgIpc) is 3.43. The number of amides is 1. The smallest absolute Gasteiger partial charge is 0.274 e. The van der Waals surface area contributed by atoms with Crippen LogP contribution in [-0.2, 0) is 6.54 Å². The number of Topliss-reactive ketones (excluding diaryl/α,β-unsaturated/α-hetero) is 1. The van der Waals surface area contributed by atoms with Gasteiger partial charge in [0, 0.05) is 30.3 Å². The van der Waals surface area contributed by atoms with Crippen molar-refractivity contribution in [1.82, 2.24) is 24.5 Å². The van der Waals surface area contributed by atoms with Gasteiger partial charge in [0.1, 0.15) is 11.2 Å². The molecule has 0 aliphatic heterocycles. The Labute approximate surface area is 213 Å². The van der Waals surface area contributed by atoms with Gasteiger partial charge < -0.3 is 10.1 Å². The topological polar surface area (TPSA) is 104 Å². The Morgan fingerprint density at radius 3 is 2.72 bits per heavy atom. The second-order valence-corrected chi connectivity index (χ2v) is 9.20. The second-order valence-electron chi connectivity index (χ2n) is 8.79. The summed E-state index contributed by atoms with van der Waals surface area (Å²) in [5.41, 5.74) is 2.19. The van der Waals surface area contributed by atoms with Gasteiger partial charge in [-0.1, -0.05) is 31.5 Å². The van der Waals surface area contributed by atoms with Gasteiger partial charge in [0.05, 0.1) is 29.9 Å². The molecule has 4 rings (SSSR count). The molecule has 36 heavy (non-hydrogen) atoms. The maximum Gasteiger partial charge on any atom is 0.274 e. The molecule has 3 aromatic heterocycles. The summed E-state index contributed by atoms with van der Waals surface area (Å²) in [5, 5.41) is 13.0. The number of nitrogens with one attached hydrogen (secondary N) is 1. The third-order valence-corrected chi connectivity index (χ3v) is 5.83. The number of carbonyl (C=O) groups excluding carboxylic acids is 2. The fourth-order valence-electron chi connectivity index (χ4n) is 3.98. The first kappa shape index (κ1) is 25.1. The largest absolute Gasteiger partial charge is 0.480 e. The molecule has 186 valence electrons. The summed E-state index contributed by atoms with van der Waals surface area (Å²) >= 11 is 6.32. The average molecular weight is 507 g/mol. The molecule has 3 heterocycles. The van der Waals surface area contributed by atoms with Crippen LogP contribution in [0.4, 0.5) is 5.69 Å². The third kappa shape index (κ3) is 4.87. The molecule has 0 aliphatic carbocycles. The standard InChI is InChI=1S/C26H27ClN6O3/c1-6-10-32-14-17-12-16(4)23(22(24(17)31-32)20(34)11-15(2)3)29-26(35)19-13-21(36-5)30-33(19)25-18(27)8-7-9-28-25/h6-9,12-15H,1,10-11H2,2-5H3,(H,29,35). The highest BCUT2D eigenvalue weighted by molar-refractivity contribution is 6.32. The van der Waals surface area contributed by atoms with Crippen LogP contribution in [0.2, 0.25) is 5.02 Å².